The third kappa shape index (κ3) is 6.75. The summed E-state index contributed by atoms with van der Waals surface area (Å²) in [5.41, 5.74) is 0.569. The van der Waals surface area contributed by atoms with Crippen molar-refractivity contribution in [1.29, 1.82) is 0 Å². The van der Waals surface area contributed by atoms with Crippen LogP contribution in [-0.2, 0) is 4.74 Å². The molecule has 0 aliphatic rings. The van der Waals surface area contributed by atoms with E-state index >= 15 is 0 Å². The van der Waals surface area contributed by atoms with Gasteiger partial charge in [-0.15, -0.1) is 0 Å². The number of esters is 1. The van der Waals surface area contributed by atoms with Crippen LogP contribution in [0.25, 0.3) is 0 Å². The Balaban J connectivity index is 0.000000487. The van der Waals surface area contributed by atoms with Gasteiger partial charge in [0.05, 0.1) is 18.8 Å². The van der Waals surface area contributed by atoms with Gasteiger partial charge in [0.15, 0.2) is 0 Å². The van der Waals surface area contributed by atoms with Crippen molar-refractivity contribution in [3.8, 4) is 0 Å². The fourth-order valence-electron chi connectivity index (χ4n) is 0.792. The number of hydrogen-bond donors (Lipinski definition) is 2. The zero-order chi connectivity index (χ0) is 12.2. The number of aliphatic hydroxyl groups is 2. The average molecular weight is 224 g/mol. The minimum absolute atomic E-state index is 0.125. The predicted molar refractivity (Wildman–Crippen MR) is 61.1 cm³/mol. The molecule has 0 saturated heterocycles. The fraction of sp³-hybridized carbons (Fsp3) is 0.250. The van der Waals surface area contributed by atoms with E-state index in [-0.39, 0.29) is 25.8 Å². The molecule has 0 heterocycles. The highest BCUT2D eigenvalue weighted by atomic mass is 16.5. The van der Waals surface area contributed by atoms with Gasteiger partial charge in [-0.3, -0.25) is 0 Å². The second kappa shape index (κ2) is 9.89. The molecule has 2 N–H and O–H groups in total. The first-order valence-corrected chi connectivity index (χ1v) is 4.81. The van der Waals surface area contributed by atoms with Gasteiger partial charge in [0.2, 0.25) is 0 Å². The van der Waals surface area contributed by atoms with Gasteiger partial charge in [-0.2, -0.15) is 0 Å². The number of carbonyl (C=O) groups is 1. The molecule has 1 aromatic carbocycles. The molecule has 0 atom stereocenters. The Hall–Kier alpha value is -1.65. The van der Waals surface area contributed by atoms with Crippen molar-refractivity contribution in [1.82, 2.24) is 0 Å². The zero-order valence-electron chi connectivity index (χ0n) is 9.00. The fourth-order valence-corrected chi connectivity index (χ4v) is 0.792. The maximum absolute atomic E-state index is 11.1. The van der Waals surface area contributed by atoms with Crippen molar-refractivity contribution in [3.05, 3.63) is 48.6 Å². The lowest BCUT2D eigenvalue weighted by molar-refractivity contribution is 0.0550. The molecule has 0 aliphatic heterocycles. The normalized spacial score (nSPS) is 8.62. The van der Waals surface area contributed by atoms with Crippen molar-refractivity contribution in [2.45, 2.75) is 0 Å². The monoisotopic (exact) mass is 224 g/mol. The van der Waals surface area contributed by atoms with Crippen molar-refractivity contribution in [2.24, 2.45) is 0 Å². The summed E-state index contributed by atoms with van der Waals surface area (Å²) in [6, 6.07) is 8.87. The molecule has 0 fully saturated rings. The van der Waals surface area contributed by atoms with Crippen molar-refractivity contribution in [3.63, 3.8) is 0 Å². The molecule has 4 nitrogen and oxygen atoms in total. The van der Waals surface area contributed by atoms with Gasteiger partial charge >= 0.3 is 5.97 Å². The number of ether oxygens (including phenoxy) is 1. The van der Waals surface area contributed by atoms with E-state index in [9.17, 15) is 4.79 Å². The third-order valence-electron chi connectivity index (χ3n) is 1.44. The average Bonchev–Trinajstić information content (AvgIpc) is 2.37. The van der Waals surface area contributed by atoms with Crippen LogP contribution in [0.4, 0.5) is 0 Å². The second-order valence-electron chi connectivity index (χ2n) is 2.70. The Labute approximate surface area is 94.8 Å². The lowest BCUT2D eigenvalue weighted by Gasteiger charge is -1.99. The molecule has 0 aromatic heterocycles. The molecule has 0 aliphatic carbocycles. The van der Waals surface area contributed by atoms with E-state index in [0.717, 1.165) is 0 Å². The van der Waals surface area contributed by atoms with E-state index in [1.807, 2.05) is 6.07 Å². The summed E-state index contributed by atoms with van der Waals surface area (Å²) in [5, 5.41) is 15.2. The smallest absolute Gasteiger partial charge is 0.338 e. The van der Waals surface area contributed by atoms with Crippen LogP contribution in [0.15, 0.2) is 43.0 Å². The Morgan fingerprint density at radius 3 is 2.25 bits per heavy atom. The minimum Gasteiger partial charge on any atom is -0.458 e. The summed E-state index contributed by atoms with van der Waals surface area (Å²) in [4.78, 5) is 11.1. The van der Waals surface area contributed by atoms with Gasteiger partial charge in [0, 0.05) is 0 Å². The Morgan fingerprint density at radius 2 is 1.81 bits per heavy atom. The standard InChI is InChI=1S/C10H10O2.C2H6O2/c1-2-8-12-10(11)9-6-4-3-5-7-9;3-1-2-4/h2-7H,1,8H2;3-4H,1-2H2. The molecule has 0 bridgehead atoms. The molecule has 88 valence electrons. The van der Waals surface area contributed by atoms with Crippen LogP contribution in [0.1, 0.15) is 10.4 Å². The van der Waals surface area contributed by atoms with Gasteiger partial charge in [0.1, 0.15) is 6.61 Å². The third-order valence-corrected chi connectivity index (χ3v) is 1.44. The highest BCUT2D eigenvalue weighted by Crippen LogP contribution is 2.00. The molecule has 0 saturated carbocycles. The van der Waals surface area contributed by atoms with Crippen LogP contribution < -0.4 is 0 Å². The first-order chi connectivity index (χ1) is 7.76. The molecular weight excluding hydrogens is 208 g/mol. The quantitative estimate of drug-likeness (QED) is 0.591. The summed E-state index contributed by atoms with van der Waals surface area (Å²) in [7, 11) is 0. The number of rotatable bonds is 4. The van der Waals surface area contributed by atoms with E-state index in [1.54, 1.807) is 30.3 Å². The van der Waals surface area contributed by atoms with Gasteiger partial charge < -0.3 is 14.9 Å². The molecule has 0 radical (unpaired) electrons. The zero-order valence-corrected chi connectivity index (χ0v) is 9.00. The molecule has 0 amide bonds. The highest BCUT2D eigenvalue weighted by Gasteiger charge is 2.02. The topological polar surface area (TPSA) is 66.8 Å². The highest BCUT2D eigenvalue weighted by molar-refractivity contribution is 5.89. The second-order valence-corrected chi connectivity index (χ2v) is 2.70. The van der Waals surface area contributed by atoms with Crippen molar-refractivity contribution < 1.29 is 19.7 Å². The lowest BCUT2D eigenvalue weighted by atomic mass is 10.2. The molecule has 1 rings (SSSR count). The van der Waals surface area contributed by atoms with Crippen LogP contribution in [0, 0.1) is 0 Å². The molecular formula is C12H16O4. The van der Waals surface area contributed by atoms with Gasteiger partial charge in [-0.25, -0.2) is 4.79 Å². The summed E-state index contributed by atoms with van der Waals surface area (Å²) in [6.07, 6.45) is 1.54. The maximum atomic E-state index is 11.1. The SMILES string of the molecule is C=CCOC(=O)c1ccccc1.OCCO. The number of hydrogen-bond acceptors (Lipinski definition) is 4. The van der Waals surface area contributed by atoms with E-state index in [4.69, 9.17) is 14.9 Å². The van der Waals surface area contributed by atoms with Gasteiger partial charge in [-0.05, 0) is 12.1 Å². The molecule has 16 heavy (non-hydrogen) atoms. The van der Waals surface area contributed by atoms with Crippen LogP contribution in [0.5, 0.6) is 0 Å². The molecule has 1 aromatic rings. The van der Waals surface area contributed by atoms with Gasteiger partial charge in [0.25, 0.3) is 0 Å². The van der Waals surface area contributed by atoms with Gasteiger partial charge in [-0.1, -0.05) is 30.9 Å². The van der Waals surface area contributed by atoms with E-state index in [0.29, 0.717) is 5.56 Å². The van der Waals surface area contributed by atoms with Crippen molar-refractivity contribution >= 4 is 5.97 Å². The van der Waals surface area contributed by atoms with E-state index in [2.05, 4.69) is 6.58 Å². The summed E-state index contributed by atoms with van der Waals surface area (Å²) < 4.78 is 4.82. The Bertz CT molecular complexity index is 293. The number of aliphatic hydroxyl groups excluding tert-OH is 2. The molecule has 0 unspecified atom stereocenters. The Morgan fingerprint density at radius 1 is 1.25 bits per heavy atom. The van der Waals surface area contributed by atoms with Crippen LogP contribution in [0.3, 0.4) is 0 Å². The molecule has 4 heteroatoms. The molecule has 0 spiro atoms. The minimum atomic E-state index is -0.310. The largest absolute Gasteiger partial charge is 0.458 e. The number of carbonyl (C=O) groups excluding carboxylic acids is 1. The predicted octanol–water partition coefficient (Wildman–Crippen LogP) is 1.00. The van der Waals surface area contributed by atoms with E-state index < -0.39 is 0 Å². The van der Waals surface area contributed by atoms with E-state index in [1.165, 1.54) is 0 Å². The summed E-state index contributed by atoms with van der Waals surface area (Å²) in [6.45, 7) is 3.46. The lowest BCUT2D eigenvalue weighted by Crippen LogP contribution is -2.04. The first-order valence-electron chi connectivity index (χ1n) is 4.81. The summed E-state index contributed by atoms with van der Waals surface area (Å²) in [5.74, 6) is -0.310. The number of benzene rings is 1. The van der Waals surface area contributed by atoms with Crippen molar-refractivity contribution in [2.75, 3.05) is 19.8 Å². The van der Waals surface area contributed by atoms with Crippen LogP contribution >= 0.6 is 0 Å². The maximum Gasteiger partial charge on any atom is 0.338 e. The van der Waals surface area contributed by atoms with Crippen LogP contribution in [0.2, 0.25) is 0 Å². The summed E-state index contributed by atoms with van der Waals surface area (Å²) >= 11 is 0. The Kier molecular flexibility index (Phi) is 8.87. The first kappa shape index (κ1) is 14.3. The van der Waals surface area contributed by atoms with Crippen LogP contribution in [-0.4, -0.2) is 36.0 Å².